The van der Waals surface area contributed by atoms with Crippen molar-refractivity contribution < 1.29 is 27.1 Å². The predicted molar refractivity (Wildman–Crippen MR) is 148 cm³/mol. The first kappa shape index (κ1) is 29.6. The fraction of sp³-hybridized carbons (Fsp3) is 0.310. The number of ether oxygens (including phenoxy) is 1. The Hall–Kier alpha value is -3.92. The molecule has 3 aromatic carbocycles. The highest BCUT2D eigenvalue weighted by atomic mass is 32.2. The molecule has 0 spiro atoms. The summed E-state index contributed by atoms with van der Waals surface area (Å²) >= 11 is 0. The Balaban J connectivity index is 2.04. The first-order chi connectivity index (χ1) is 18.6. The van der Waals surface area contributed by atoms with E-state index < -0.39 is 34.3 Å². The van der Waals surface area contributed by atoms with Gasteiger partial charge in [-0.25, -0.2) is 12.8 Å². The number of halogens is 1. The molecule has 3 rings (SSSR count). The first-order valence-corrected chi connectivity index (χ1v) is 14.1. The van der Waals surface area contributed by atoms with Crippen LogP contribution in [0.1, 0.15) is 31.4 Å². The minimum Gasteiger partial charge on any atom is -0.497 e. The van der Waals surface area contributed by atoms with Crippen LogP contribution in [-0.2, 0) is 26.2 Å². The van der Waals surface area contributed by atoms with E-state index in [1.165, 1.54) is 29.2 Å². The SMILES string of the molecule is CCNC(=O)[C@H](CC)N(Cc1ccc(OC)cc1)C(=O)CN(c1ccc(F)cc1)S(=O)(=O)c1ccc(C)cc1. The maximum atomic E-state index is 13.9. The average Bonchev–Trinajstić information content (AvgIpc) is 2.92. The van der Waals surface area contributed by atoms with E-state index in [0.29, 0.717) is 18.7 Å². The largest absolute Gasteiger partial charge is 0.497 e. The third kappa shape index (κ3) is 7.35. The van der Waals surface area contributed by atoms with E-state index in [4.69, 9.17) is 4.74 Å². The number of benzene rings is 3. The van der Waals surface area contributed by atoms with Gasteiger partial charge in [-0.05, 0) is 74.4 Å². The molecule has 0 radical (unpaired) electrons. The van der Waals surface area contributed by atoms with E-state index >= 15 is 0 Å². The maximum absolute atomic E-state index is 13.9. The first-order valence-electron chi connectivity index (χ1n) is 12.7. The number of nitrogens with zero attached hydrogens (tertiary/aromatic N) is 2. The van der Waals surface area contributed by atoms with Gasteiger partial charge >= 0.3 is 0 Å². The van der Waals surface area contributed by atoms with Crippen molar-refractivity contribution in [3.05, 3.63) is 89.7 Å². The van der Waals surface area contributed by atoms with Crippen LogP contribution in [0, 0.1) is 12.7 Å². The third-order valence-electron chi connectivity index (χ3n) is 6.25. The zero-order valence-electron chi connectivity index (χ0n) is 22.6. The molecule has 0 unspecified atom stereocenters. The van der Waals surface area contributed by atoms with Gasteiger partial charge in [-0.1, -0.05) is 36.8 Å². The highest BCUT2D eigenvalue weighted by Crippen LogP contribution is 2.25. The second kappa shape index (κ2) is 13.2. The molecular weight excluding hydrogens is 521 g/mol. The number of hydrogen-bond acceptors (Lipinski definition) is 5. The molecule has 208 valence electrons. The van der Waals surface area contributed by atoms with E-state index in [2.05, 4.69) is 5.32 Å². The Morgan fingerprint density at radius 2 is 1.56 bits per heavy atom. The number of sulfonamides is 1. The van der Waals surface area contributed by atoms with Crippen molar-refractivity contribution in [3.8, 4) is 5.75 Å². The van der Waals surface area contributed by atoms with E-state index in [9.17, 15) is 22.4 Å². The van der Waals surface area contributed by atoms with Gasteiger partial charge in [-0.3, -0.25) is 13.9 Å². The van der Waals surface area contributed by atoms with Crippen molar-refractivity contribution >= 4 is 27.5 Å². The normalized spacial score (nSPS) is 11.9. The molecule has 39 heavy (non-hydrogen) atoms. The summed E-state index contributed by atoms with van der Waals surface area (Å²) in [7, 11) is -2.66. The fourth-order valence-electron chi connectivity index (χ4n) is 4.11. The van der Waals surface area contributed by atoms with E-state index in [0.717, 1.165) is 27.6 Å². The molecule has 0 aliphatic heterocycles. The topological polar surface area (TPSA) is 96.0 Å². The molecule has 2 amide bonds. The average molecular weight is 556 g/mol. The number of amides is 2. The summed E-state index contributed by atoms with van der Waals surface area (Å²) in [4.78, 5) is 28.2. The highest BCUT2D eigenvalue weighted by Gasteiger charge is 2.33. The zero-order chi connectivity index (χ0) is 28.6. The molecule has 0 heterocycles. The molecule has 0 saturated heterocycles. The van der Waals surface area contributed by atoms with Gasteiger partial charge in [-0.2, -0.15) is 0 Å². The predicted octanol–water partition coefficient (Wildman–Crippen LogP) is 4.28. The second-order valence-corrected chi connectivity index (χ2v) is 10.9. The maximum Gasteiger partial charge on any atom is 0.264 e. The van der Waals surface area contributed by atoms with Gasteiger partial charge in [0.05, 0.1) is 17.7 Å². The zero-order valence-corrected chi connectivity index (χ0v) is 23.4. The summed E-state index contributed by atoms with van der Waals surface area (Å²) in [5, 5.41) is 2.76. The number of carbonyl (C=O) groups is 2. The lowest BCUT2D eigenvalue weighted by atomic mass is 10.1. The Morgan fingerprint density at radius 3 is 2.10 bits per heavy atom. The molecule has 8 nitrogen and oxygen atoms in total. The lowest BCUT2D eigenvalue weighted by Gasteiger charge is -2.33. The summed E-state index contributed by atoms with van der Waals surface area (Å²) in [6.07, 6.45) is 0.314. The number of rotatable bonds is 12. The standard InChI is InChI=1S/C29H34FN3O5S/c1-5-27(29(35)31-6-2)32(19-22-9-15-25(38-4)16-10-22)28(34)20-33(24-13-11-23(30)12-14-24)39(36,37)26-17-7-21(3)8-18-26/h7-18,27H,5-6,19-20H2,1-4H3,(H,31,35)/t27-/m0/s1. The van der Waals surface area contributed by atoms with Crippen molar-refractivity contribution in [2.24, 2.45) is 0 Å². The Kier molecular flexibility index (Phi) is 10.1. The van der Waals surface area contributed by atoms with Crippen LogP contribution in [0.25, 0.3) is 0 Å². The summed E-state index contributed by atoms with van der Waals surface area (Å²) in [6, 6.07) is 17.4. The molecule has 1 atom stereocenters. The van der Waals surface area contributed by atoms with Crippen LogP contribution in [0.4, 0.5) is 10.1 Å². The number of nitrogens with one attached hydrogen (secondary N) is 1. The van der Waals surface area contributed by atoms with Gasteiger partial charge in [0.15, 0.2) is 0 Å². The van der Waals surface area contributed by atoms with Crippen LogP contribution in [0.5, 0.6) is 5.75 Å². The van der Waals surface area contributed by atoms with Crippen LogP contribution >= 0.6 is 0 Å². The fourth-order valence-corrected chi connectivity index (χ4v) is 5.53. The molecule has 0 saturated carbocycles. The Labute approximate surface area is 229 Å². The number of aryl methyl sites for hydroxylation is 1. The molecule has 0 aliphatic carbocycles. The minimum atomic E-state index is -4.21. The summed E-state index contributed by atoms with van der Waals surface area (Å²) in [5.41, 5.74) is 1.74. The lowest BCUT2D eigenvalue weighted by Crippen LogP contribution is -2.52. The number of hydrogen-bond donors (Lipinski definition) is 1. The monoisotopic (exact) mass is 555 g/mol. The lowest BCUT2D eigenvalue weighted by molar-refractivity contribution is -0.140. The minimum absolute atomic E-state index is 0.0114. The van der Waals surface area contributed by atoms with E-state index in [-0.39, 0.29) is 23.0 Å². The summed E-state index contributed by atoms with van der Waals surface area (Å²) in [6.45, 7) is 5.26. The number of anilines is 1. The molecule has 0 aromatic heterocycles. The third-order valence-corrected chi connectivity index (χ3v) is 8.04. The van der Waals surface area contributed by atoms with Crippen LogP contribution in [-0.4, -0.2) is 51.4 Å². The Bertz CT molecular complexity index is 1360. The molecule has 3 aromatic rings. The van der Waals surface area contributed by atoms with E-state index in [1.807, 2.05) is 6.92 Å². The Morgan fingerprint density at radius 1 is 0.949 bits per heavy atom. The summed E-state index contributed by atoms with van der Waals surface area (Å²) < 4.78 is 47.4. The van der Waals surface area contributed by atoms with Crippen molar-refractivity contribution in [1.82, 2.24) is 10.2 Å². The molecular formula is C29H34FN3O5S. The van der Waals surface area contributed by atoms with E-state index in [1.54, 1.807) is 57.4 Å². The molecule has 0 aliphatic rings. The van der Waals surface area contributed by atoms with Crippen LogP contribution in [0.2, 0.25) is 0 Å². The highest BCUT2D eigenvalue weighted by molar-refractivity contribution is 7.92. The number of methoxy groups -OCH3 is 1. The number of likely N-dealkylation sites (N-methyl/N-ethyl adjacent to an activating group) is 1. The van der Waals surface area contributed by atoms with Crippen molar-refractivity contribution in [1.29, 1.82) is 0 Å². The van der Waals surface area contributed by atoms with Gasteiger partial charge in [0.1, 0.15) is 24.2 Å². The van der Waals surface area contributed by atoms with Crippen LogP contribution in [0.3, 0.4) is 0 Å². The molecule has 1 N–H and O–H groups in total. The van der Waals surface area contributed by atoms with Gasteiger partial charge in [0.25, 0.3) is 10.0 Å². The van der Waals surface area contributed by atoms with Gasteiger partial charge in [0, 0.05) is 13.1 Å². The van der Waals surface area contributed by atoms with Crippen molar-refractivity contribution in [3.63, 3.8) is 0 Å². The van der Waals surface area contributed by atoms with Crippen molar-refractivity contribution in [2.45, 2.75) is 44.7 Å². The molecule has 0 fully saturated rings. The summed E-state index contributed by atoms with van der Waals surface area (Å²) in [5.74, 6) is -0.819. The number of carbonyl (C=O) groups excluding carboxylic acids is 2. The van der Waals surface area contributed by atoms with Crippen molar-refractivity contribution in [2.75, 3.05) is 24.5 Å². The second-order valence-electron chi connectivity index (χ2n) is 8.99. The van der Waals surface area contributed by atoms with Crippen LogP contribution < -0.4 is 14.4 Å². The van der Waals surface area contributed by atoms with Gasteiger partial charge in [0.2, 0.25) is 11.8 Å². The van der Waals surface area contributed by atoms with Crippen LogP contribution in [0.15, 0.2) is 77.7 Å². The van der Waals surface area contributed by atoms with Gasteiger partial charge < -0.3 is 15.0 Å². The van der Waals surface area contributed by atoms with Gasteiger partial charge in [-0.15, -0.1) is 0 Å². The quantitative estimate of drug-likeness (QED) is 0.360. The molecule has 0 bridgehead atoms. The smallest absolute Gasteiger partial charge is 0.264 e. The molecule has 10 heteroatoms.